The monoisotopic (exact) mass is 284 g/mol. The van der Waals surface area contributed by atoms with Crippen LogP contribution in [-0.2, 0) is 11.0 Å². The maximum atomic E-state index is 9.57. The molecule has 1 aliphatic rings. The molecule has 0 saturated heterocycles. The van der Waals surface area contributed by atoms with Gasteiger partial charge in [0, 0.05) is 12.5 Å². The maximum Gasteiger partial charge on any atom is 0.467 e. The highest BCUT2D eigenvalue weighted by Gasteiger charge is 2.32. The van der Waals surface area contributed by atoms with Crippen LogP contribution in [0.25, 0.3) is 0 Å². The molecule has 2 rings (SSSR count). The Bertz CT molecular complexity index is 505. The van der Waals surface area contributed by atoms with Gasteiger partial charge in [-0.2, -0.15) is 0 Å². The summed E-state index contributed by atoms with van der Waals surface area (Å²) in [7, 11) is -0.983. The number of nitriles is 1. The van der Waals surface area contributed by atoms with E-state index < -0.39 is 11.0 Å². The predicted octanol–water partition coefficient (Wildman–Crippen LogP) is 2.77. The number of pyridine rings is 1. The zero-order valence-electron chi connectivity index (χ0n) is 10.1. The summed E-state index contributed by atoms with van der Waals surface area (Å²) in [5.41, 5.74) is 1.16. The van der Waals surface area contributed by atoms with Crippen molar-refractivity contribution in [3.8, 4) is 6.19 Å². The molecule has 1 aromatic heterocycles. The topological polar surface area (TPSA) is 59.9 Å². The molecule has 1 aromatic rings. The average Bonchev–Trinajstić information content (AvgIpc) is 2.80. The van der Waals surface area contributed by atoms with E-state index in [1.54, 1.807) is 18.5 Å². The van der Waals surface area contributed by atoms with Crippen LogP contribution >= 0.6 is 11.6 Å². The number of nitrogens with zero attached hydrogens (tertiary/aromatic N) is 3. The summed E-state index contributed by atoms with van der Waals surface area (Å²) >= 11 is 5.77. The third-order valence-electron chi connectivity index (χ3n) is 3.34. The van der Waals surface area contributed by atoms with Gasteiger partial charge in [-0.15, -0.1) is 3.95 Å². The largest absolute Gasteiger partial charge is 0.467 e. The SMILES string of the molecule is CS(O)=[N+](C#N)[C@@H]1CC[C@@H](c2ccc(Cl)nc2)C1. The first-order valence-electron chi connectivity index (χ1n) is 5.77. The minimum absolute atomic E-state index is 0.133. The lowest BCUT2D eigenvalue weighted by molar-refractivity contribution is -0.459. The number of aromatic nitrogens is 1. The smallest absolute Gasteiger partial charge is 0.306 e. The number of hydrogen-bond donors (Lipinski definition) is 1. The second-order valence-corrected chi connectivity index (χ2v) is 6.12. The van der Waals surface area contributed by atoms with Crippen LogP contribution in [-0.4, -0.2) is 25.8 Å². The van der Waals surface area contributed by atoms with Gasteiger partial charge in [-0.25, -0.2) is 4.98 Å². The number of rotatable bonds is 2. The summed E-state index contributed by atoms with van der Waals surface area (Å²) in [5.74, 6) is 0.402. The lowest BCUT2D eigenvalue weighted by Gasteiger charge is -2.09. The molecule has 4 nitrogen and oxygen atoms in total. The van der Waals surface area contributed by atoms with Crippen molar-refractivity contribution < 1.29 is 8.50 Å². The Hall–Kier alpha value is -0.960. The highest BCUT2D eigenvalue weighted by atomic mass is 35.5. The van der Waals surface area contributed by atoms with Crippen molar-refractivity contribution >= 4 is 22.6 Å². The quantitative estimate of drug-likeness (QED) is 0.393. The third-order valence-corrected chi connectivity index (χ3v) is 4.51. The van der Waals surface area contributed by atoms with E-state index in [-0.39, 0.29) is 6.04 Å². The Balaban J connectivity index is 2.12. The minimum atomic E-state index is -0.983. The van der Waals surface area contributed by atoms with Crippen molar-refractivity contribution in [1.82, 2.24) is 4.98 Å². The molecule has 1 unspecified atom stereocenters. The first-order valence-corrected chi connectivity index (χ1v) is 7.70. The standard InChI is InChI=1S/C12H14ClN3OS/c1-18(17)16(8-14)11-4-2-9(6-11)10-3-5-12(13)15-7-10/h3,5,7,9,11H,2,4,6H2,1H3/p+1/t9-,11-,18?/m1/s1. The first-order chi connectivity index (χ1) is 8.61. The summed E-state index contributed by atoms with van der Waals surface area (Å²) in [6, 6.07) is 3.92. The zero-order chi connectivity index (χ0) is 13.1. The Morgan fingerprint density at radius 3 is 2.89 bits per heavy atom. The van der Waals surface area contributed by atoms with Crippen molar-refractivity contribution in [2.24, 2.45) is 0 Å². The highest BCUT2D eigenvalue weighted by Crippen LogP contribution is 2.35. The van der Waals surface area contributed by atoms with Crippen LogP contribution in [0, 0.1) is 11.5 Å². The van der Waals surface area contributed by atoms with E-state index in [4.69, 9.17) is 16.9 Å². The van der Waals surface area contributed by atoms with Gasteiger partial charge < -0.3 is 4.55 Å². The van der Waals surface area contributed by atoms with Gasteiger partial charge in [0.2, 0.25) is 0 Å². The van der Waals surface area contributed by atoms with E-state index in [0.29, 0.717) is 11.1 Å². The third kappa shape index (κ3) is 2.89. The maximum absolute atomic E-state index is 9.57. The molecule has 1 saturated carbocycles. The van der Waals surface area contributed by atoms with Gasteiger partial charge in [0.1, 0.15) is 22.2 Å². The van der Waals surface area contributed by atoms with Crippen molar-refractivity contribution in [1.29, 1.82) is 5.26 Å². The fourth-order valence-corrected chi connectivity index (χ4v) is 3.31. The summed E-state index contributed by atoms with van der Waals surface area (Å²) in [6.07, 6.45) is 8.37. The van der Waals surface area contributed by atoms with Crippen LogP contribution < -0.4 is 0 Å². The van der Waals surface area contributed by atoms with Gasteiger partial charge in [0.15, 0.2) is 5.26 Å². The molecule has 1 fully saturated rings. The van der Waals surface area contributed by atoms with Gasteiger partial charge in [0.05, 0.1) is 0 Å². The Morgan fingerprint density at radius 2 is 2.33 bits per heavy atom. The molecule has 0 radical (unpaired) electrons. The van der Waals surface area contributed by atoms with Gasteiger partial charge in [-0.05, 0) is 36.8 Å². The Morgan fingerprint density at radius 1 is 1.56 bits per heavy atom. The van der Waals surface area contributed by atoms with E-state index in [1.807, 2.05) is 6.07 Å². The molecule has 96 valence electrons. The number of halogens is 1. The van der Waals surface area contributed by atoms with Crippen molar-refractivity contribution in [3.63, 3.8) is 0 Å². The van der Waals surface area contributed by atoms with E-state index >= 15 is 0 Å². The van der Waals surface area contributed by atoms with E-state index in [9.17, 15) is 4.55 Å². The second-order valence-electron chi connectivity index (χ2n) is 4.45. The molecule has 0 spiro atoms. The van der Waals surface area contributed by atoms with Gasteiger partial charge >= 0.3 is 6.19 Å². The highest BCUT2D eigenvalue weighted by molar-refractivity contribution is 7.78. The van der Waals surface area contributed by atoms with Gasteiger partial charge in [-0.1, -0.05) is 17.7 Å². The van der Waals surface area contributed by atoms with Gasteiger partial charge in [-0.3, -0.25) is 0 Å². The second kappa shape index (κ2) is 5.79. The molecule has 0 amide bonds. The van der Waals surface area contributed by atoms with Crippen LogP contribution in [0.3, 0.4) is 0 Å². The van der Waals surface area contributed by atoms with Crippen LogP contribution in [0.15, 0.2) is 18.3 Å². The molecule has 0 aromatic carbocycles. The molecule has 1 heterocycles. The summed E-state index contributed by atoms with van der Waals surface area (Å²) in [4.78, 5) is 4.09. The zero-order valence-corrected chi connectivity index (χ0v) is 11.7. The molecule has 0 aliphatic heterocycles. The summed E-state index contributed by atoms with van der Waals surface area (Å²) < 4.78 is 11.1. The van der Waals surface area contributed by atoms with E-state index in [2.05, 4.69) is 11.2 Å². The Labute approximate surface area is 114 Å². The lowest BCUT2D eigenvalue weighted by atomic mass is 9.99. The van der Waals surface area contributed by atoms with Crippen molar-refractivity contribution in [3.05, 3.63) is 29.0 Å². The minimum Gasteiger partial charge on any atom is -0.306 e. The van der Waals surface area contributed by atoms with Crippen LogP contribution in [0.1, 0.15) is 30.7 Å². The number of hydrogen-bond acceptors (Lipinski definition) is 2. The average molecular weight is 285 g/mol. The van der Waals surface area contributed by atoms with Gasteiger partial charge in [0.25, 0.3) is 0 Å². The molecule has 1 N–H and O–H groups in total. The molecular weight excluding hydrogens is 270 g/mol. The molecule has 3 atom stereocenters. The fraction of sp³-hybridized carbons (Fsp3) is 0.500. The van der Waals surface area contributed by atoms with Crippen molar-refractivity contribution in [2.75, 3.05) is 6.26 Å². The van der Waals surface area contributed by atoms with Crippen LogP contribution in [0.5, 0.6) is 0 Å². The fourth-order valence-electron chi connectivity index (χ4n) is 2.46. The Kier molecular flexibility index (Phi) is 4.33. The van der Waals surface area contributed by atoms with E-state index in [1.165, 1.54) is 3.95 Å². The predicted molar refractivity (Wildman–Crippen MR) is 71.4 cm³/mol. The molecule has 6 heteroatoms. The van der Waals surface area contributed by atoms with Crippen molar-refractivity contribution in [2.45, 2.75) is 31.2 Å². The molecule has 0 bridgehead atoms. The lowest BCUT2D eigenvalue weighted by Crippen LogP contribution is -2.22. The summed E-state index contributed by atoms with van der Waals surface area (Å²) in [5, 5.41) is 9.54. The molecular formula is C12H15ClN3OS+. The van der Waals surface area contributed by atoms with Crippen LogP contribution in [0.2, 0.25) is 5.15 Å². The normalized spacial score (nSPS) is 25.6. The molecule has 1 aliphatic carbocycles. The van der Waals surface area contributed by atoms with E-state index in [0.717, 1.165) is 24.8 Å². The summed E-state index contributed by atoms with van der Waals surface area (Å²) in [6.45, 7) is 0. The first kappa shape index (κ1) is 13.5. The van der Waals surface area contributed by atoms with Crippen LogP contribution in [0.4, 0.5) is 0 Å². The molecule has 18 heavy (non-hydrogen) atoms.